The van der Waals surface area contributed by atoms with Gasteiger partial charge in [0.15, 0.2) is 0 Å². The van der Waals surface area contributed by atoms with E-state index in [1.54, 1.807) is 19.2 Å². The molecule has 0 spiro atoms. The van der Waals surface area contributed by atoms with Crippen LogP contribution in [0, 0.1) is 5.82 Å². The Morgan fingerprint density at radius 2 is 1.67 bits per heavy atom. The van der Waals surface area contributed by atoms with Gasteiger partial charge in [0.05, 0.1) is 12.7 Å². The predicted octanol–water partition coefficient (Wildman–Crippen LogP) is 3.50. The highest BCUT2D eigenvalue weighted by Gasteiger charge is 2.10. The van der Waals surface area contributed by atoms with Crippen molar-refractivity contribution in [1.82, 2.24) is 0 Å². The number of hydrogen-bond acceptors (Lipinski definition) is 1. The van der Waals surface area contributed by atoms with Gasteiger partial charge in [-0.15, -0.1) is 0 Å². The molecular weight excluding hydrogens is 191 g/mol. The summed E-state index contributed by atoms with van der Waals surface area (Å²) in [6.07, 6.45) is 0. The standard InChI is InChI=1S/C13H11FO/c1-15-12-9-5-8-11(14)13(12)10-6-3-2-4-7-10/h2-9H,1H3. The van der Waals surface area contributed by atoms with Crippen molar-refractivity contribution in [2.24, 2.45) is 0 Å². The number of ether oxygens (including phenoxy) is 1. The van der Waals surface area contributed by atoms with Crippen molar-refractivity contribution >= 4 is 0 Å². The fourth-order valence-corrected chi connectivity index (χ4v) is 1.56. The third-order valence-corrected chi connectivity index (χ3v) is 2.26. The molecule has 2 heteroatoms. The van der Waals surface area contributed by atoms with Gasteiger partial charge in [0.25, 0.3) is 0 Å². The Morgan fingerprint density at radius 1 is 0.933 bits per heavy atom. The van der Waals surface area contributed by atoms with Gasteiger partial charge in [-0.2, -0.15) is 0 Å². The van der Waals surface area contributed by atoms with Crippen molar-refractivity contribution < 1.29 is 9.13 Å². The van der Waals surface area contributed by atoms with Crippen LogP contribution in [0.15, 0.2) is 48.5 Å². The zero-order chi connectivity index (χ0) is 10.7. The monoisotopic (exact) mass is 202 g/mol. The Labute approximate surface area is 88.1 Å². The molecule has 15 heavy (non-hydrogen) atoms. The van der Waals surface area contributed by atoms with Crippen LogP contribution >= 0.6 is 0 Å². The van der Waals surface area contributed by atoms with Crippen molar-refractivity contribution in [3.63, 3.8) is 0 Å². The van der Waals surface area contributed by atoms with E-state index in [0.717, 1.165) is 5.56 Å². The van der Waals surface area contributed by atoms with Gasteiger partial charge in [0.1, 0.15) is 11.6 Å². The third-order valence-electron chi connectivity index (χ3n) is 2.26. The van der Waals surface area contributed by atoms with E-state index in [1.165, 1.54) is 6.07 Å². The molecule has 0 aliphatic carbocycles. The summed E-state index contributed by atoms with van der Waals surface area (Å²) in [6, 6.07) is 14.2. The average molecular weight is 202 g/mol. The number of benzene rings is 2. The molecule has 0 saturated heterocycles. The first-order valence-electron chi connectivity index (χ1n) is 4.71. The second-order valence-corrected chi connectivity index (χ2v) is 3.18. The summed E-state index contributed by atoms with van der Waals surface area (Å²) in [5, 5.41) is 0. The first-order chi connectivity index (χ1) is 7.33. The number of methoxy groups -OCH3 is 1. The second-order valence-electron chi connectivity index (χ2n) is 3.18. The predicted molar refractivity (Wildman–Crippen MR) is 58.4 cm³/mol. The first-order valence-corrected chi connectivity index (χ1v) is 4.71. The summed E-state index contributed by atoms with van der Waals surface area (Å²) in [5.74, 6) is 0.293. The van der Waals surface area contributed by atoms with Crippen molar-refractivity contribution in [2.45, 2.75) is 0 Å². The summed E-state index contributed by atoms with van der Waals surface area (Å²) in [6.45, 7) is 0. The van der Waals surface area contributed by atoms with Crippen molar-refractivity contribution in [3.8, 4) is 16.9 Å². The minimum absolute atomic E-state index is 0.263. The smallest absolute Gasteiger partial charge is 0.134 e. The van der Waals surface area contributed by atoms with Gasteiger partial charge in [0, 0.05) is 0 Å². The van der Waals surface area contributed by atoms with Crippen LogP contribution in [0.3, 0.4) is 0 Å². The fourth-order valence-electron chi connectivity index (χ4n) is 1.56. The molecule has 2 aromatic rings. The van der Waals surface area contributed by atoms with Gasteiger partial charge in [-0.05, 0) is 17.7 Å². The zero-order valence-electron chi connectivity index (χ0n) is 8.41. The van der Waals surface area contributed by atoms with Gasteiger partial charge < -0.3 is 4.74 Å². The lowest BCUT2D eigenvalue weighted by Crippen LogP contribution is -1.90. The molecule has 0 atom stereocenters. The maximum absolute atomic E-state index is 13.6. The molecule has 0 heterocycles. The third kappa shape index (κ3) is 1.84. The minimum atomic E-state index is -0.263. The van der Waals surface area contributed by atoms with Gasteiger partial charge >= 0.3 is 0 Å². The SMILES string of the molecule is COc1cccc(F)c1-c1ccccc1. The Hall–Kier alpha value is -1.83. The van der Waals surface area contributed by atoms with E-state index in [9.17, 15) is 4.39 Å². The summed E-state index contributed by atoms with van der Waals surface area (Å²) in [7, 11) is 1.54. The number of hydrogen-bond donors (Lipinski definition) is 0. The van der Waals surface area contributed by atoms with Crippen molar-refractivity contribution in [3.05, 3.63) is 54.3 Å². The molecule has 0 saturated carbocycles. The van der Waals surface area contributed by atoms with Crippen LogP contribution in [0.4, 0.5) is 4.39 Å². The highest BCUT2D eigenvalue weighted by atomic mass is 19.1. The fraction of sp³-hybridized carbons (Fsp3) is 0.0769. The van der Waals surface area contributed by atoms with Crippen LogP contribution in [0.25, 0.3) is 11.1 Å². The largest absolute Gasteiger partial charge is 0.496 e. The van der Waals surface area contributed by atoms with Crippen LogP contribution in [-0.4, -0.2) is 7.11 Å². The van der Waals surface area contributed by atoms with E-state index in [0.29, 0.717) is 11.3 Å². The quantitative estimate of drug-likeness (QED) is 0.724. The van der Waals surface area contributed by atoms with Gasteiger partial charge in [-0.3, -0.25) is 0 Å². The highest BCUT2D eigenvalue weighted by Crippen LogP contribution is 2.31. The molecule has 0 radical (unpaired) electrons. The van der Waals surface area contributed by atoms with E-state index in [2.05, 4.69) is 0 Å². The molecule has 0 unspecified atom stereocenters. The molecule has 0 aliphatic heterocycles. The molecule has 0 fully saturated rings. The van der Waals surface area contributed by atoms with Gasteiger partial charge in [-0.1, -0.05) is 36.4 Å². The van der Waals surface area contributed by atoms with Crippen molar-refractivity contribution in [2.75, 3.05) is 7.11 Å². The van der Waals surface area contributed by atoms with E-state index in [4.69, 9.17) is 4.74 Å². The Kier molecular flexibility index (Phi) is 2.68. The van der Waals surface area contributed by atoms with E-state index >= 15 is 0 Å². The van der Waals surface area contributed by atoms with Crippen LogP contribution in [0.2, 0.25) is 0 Å². The normalized spacial score (nSPS) is 10.0. The average Bonchev–Trinajstić information content (AvgIpc) is 2.29. The maximum Gasteiger partial charge on any atom is 0.134 e. The summed E-state index contributed by atoms with van der Waals surface area (Å²) >= 11 is 0. The minimum Gasteiger partial charge on any atom is -0.496 e. The zero-order valence-corrected chi connectivity index (χ0v) is 8.41. The van der Waals surface area contributed by atoms with Crippen LogP contribution < -0.4 is 4.74 Å². The molecule has 0 bridgehead atoms. The molecule has 2 rings (SSSR count). The van der Waals surface area contributed by atoms with E-state index in [1.807, 2.05) is 30.3 Å². The molecule has 0 amide bonds. The lowest BCUT2D eigenvalue weighted by molar-refractivity contribution is 0.413. The summed E-state index contributed by atoms with van der Waals surface area (Å²) in [4.78, 5) is 0. The van der Waals surface area contributed by atoms with Crippen LogP contribution in [0.5, 0.6) is 5.75 Å². The van der Waals surface area contributed by atoms with Crippen LogP contribution in [-0.2, 0) is 0 Å². The topological polar surface area (TPSA) is 9.23 Å². The van der Waals surface area contributed by atoms with E-state index < -0.39 is 0 Å². The molecule has 2 aromatic carbocycles. The lowest BCUT2D eigenvalue weighted by atomic mass is 10.0. The molecule has 76 valence electrons. The molecular formula is C13H11FO. The molecule has 0 aliphatic rings. The van der Waals surface area contributed by atoms with E-state index in [-0.39, 0.29) is 5.82 Å². The molecule has 0 N–H and O–H groups in total. The second kappa shape index (κ2) is 4.13. The van der Waals surface area contributed by atoms with Gasteiger partial charge in [-0.25, -0.2) is 4.39 Å². The lowest BCUT2D eigenvalue weighted by Gasteiger charge is -2.09. The number of rotatable bonds is 2. The summed E-state index contributed by atoms with van der Waals surface area (Å²) < 4.78 is 18.8. The van der Waals surface area contributed by atoms with Gasteiger partial charge in [0.2, 0.25) is 0 Å². The highest BCUT2D eigenvalue weighted by molar-refractivity contribution is 5.70. The number of halogens is 1. The maximum atomic E-state index is 13.6. The van der Waals surface area contributed by atoms with Crippen LogP contribution in [0.1, 0.15) is 0 Å². The Bertz CT molecular complexity index is 451. The molecule has 1 nitrogen and oxygen atoms in total. The Balaban J connectivity index is 2.61. The summed E-state index contributed by atoms with van der Waals surface area (Å²) in [5.41, 5.74) is 1.34. The molecule has 0 aromatic heterocycles. The first kappa shape index (κ1) is 9.71. The van der Waals surface area contributed by atoms with Crippen molar-refractivity contribution in [1.29, 1.82) is 0 Å². The Morgan fingerprint density at radius 3 is 2.33 bits per heavy atom.